The van der Waals surface area contributed by atoms with Crippen molar-refractivity contribution in [1.82, 2.24) is 15.3 Å². The number of rotatable bonds is 5. The normalized spacial score (nSPS) is 19.8. The quantitative estimate of drug-likeness (QED) is 0.865. The lowest BCUT2D eigenvalue weighted by atomic mass is 10.0. The summed E-state index contributed by atoms with van der Waals surface area (Å²) >= 11 is 0. The van der Waals surface area contributed by atoms with Gasteiger partial charge in [-0.3, -0.25) is 0 Å². The minimum Gasteiger partial charge on any atom is -0.358 e. The van der Waals surface area contributed by atoms with E-state index in [2.05, 4.69) is 40.2 Å². The van der Waals surface area contributed by atoms with Gasteiger partial charge < -0.3 is 10.2 Å². The number of anilines is 1. The van der Waals surface area contributed by atoms with Gasteiger partial charge in [0.15, 0.2) is 0 Å². The fourth-order valence-corrected chi connectivity index (χ4v) is 2.49. The van der Waals surface area contributed by atoms with Crippen LogP contribution in [0.4, 0.5) is 5.82 Å². The Morgan fingerprint density at radius 3 is 3.00 bits per heavy atom. The van der Waals surface area contributed by atoms with E-state index in [-0.39, 0.29) is 0 Å². The first-order valence-corrected chi connectivity index (χ1v) is 7.05. The second kappa shape index (κ2) is 6.69. The van der Waals surface area contributed by atoms with Crippen LogP contribution < -0.4 is 10.2 Å². The van der Waals surface area contributed by atoms with E-state index in [4.69, 9.17) is 0 Å². The zero-order valence-electron chi connectivity index (χ0n) is 11.5. The van der Waals surface area contributed by atoms with Crippen LogP contribution in [0.1, 0.15) is 38.3 Å². The molecule has 4 nitrogen and oxygen atoms in total. The Bertz CT molecular complexity index is 361. The average Bonchev–Trinajstić information content (AvgIpc) is 2.40. The van der Waals surface area contributed by atoms with Gasteiger partial charge in [0, 0.05) is 31.4 Å². The summed E-state index contributed by atoms with van der Waals surface area (Å²) in [5.41, 5.74) is 1.14. The van der Waals surface area contributed by atoms with Gasteiger partial charge in [0.2, 0.25) is 0 Å². The minimum atomic E-state index is 0.605. The average molecular weight is 248 g/mol. The van der Waals surface area contributed by atoms with E-state index in [1.807, 2.05) is 0 Å². The summed E-state index contributed by atoms with van der Waals surface area (Å²) in [5.74, 6) is 1.04. The van der Waals surface area contributed by atoms with Crippen molar-refractivity contribution in [3.8, 4) is 0 Å². The van der Waals surface area contributed by atoms with Crippen molar-refractivity contribution in [2.75, 3.05) is 25.0 Å². The van der Waals surface area contributed by atoms with Crippen LogP contribution in [-0.2, 0) is 6.42 Å². The molecule has 4 heteroatoms. The molecule has 0 aliphatic carbocycles. The van der Waals surface area contributed by atoms with E-state index >= 15 is 0 Å². The number of aryl methyl sites for hydroxylation is 1. The molecule has 0 saturated carbocycles. The van der Waals surface area contributed by atoms with Gasteiger partial charge in [-0.15, -0.1) is 0 Å². The summed E-state index contributed by atoms with van der Waals surface area (Å²) < 4.78 is 0. The highest BCUT2D eigenvalue weighted by Gasteiger charge is 2.15. The van der Waals surface area contributed by atoms with Crippen molar-refractivity contribution >= 4 is 5.82 Å². The van der Waals surface area contributed by atoms with Gasteiger partial charge in [0.1, 0.15) is 12.1 Å². The maximum atomic E-state index is 4.37. The number of hydrogen-bond acceptors (Lipinski definition) is 4. The van der Waals surface area contributed by atoms with Gasteiger partial charge in [-0.1, -0.05) is 19.8 Å². The summed E-state index contributed by atoms with van der Waals surface area (Å²) in [6, 6.07) is 2.72. The smallest absolute Gasteiger partial charge is 0.131 e. The highest BCUT2D eigenvalue weighted by molar-refractivity contribution is 5.38. The van der Waals surface area contributed by atoms with Crippen molar-refractivity contribution in [3.63, 3.8) is 0 Å². The molecule has 100 valence electrons. The number of hydrogen-bond donors (Lipinski definition) is 1. The topological polar surface area (TPSA) is 41.0 Å². The Morgan fingerprint density at radius 2 is 2.28 bits per heavy atom. The molecule has 0 radical (unpaired) electrons. The van der Waals surface area contributed by atoms with Crippen LogP contribution in [0.15, 0.2) is 12.4 Å². The Balaban J connectivity index is 1.94. The molecule has 2 rings (SSSR count). The van der Waals surface area contributed by atoms with Crippen LogP contribution in [-0.4, -0.2) is 36.1 Å². The van der Waals surface area contributed by atoms with Crippen molar-refractivity contribution in [2.45, 2.75) is 45.1 Å². The van der Waals surface area contributed by atoms with Crippen LogP contribution in [0.2, 0.25) is 0 Å². The maximum Gasteiger partial charge on any atom is 0.131 e. The van der Waals surface area contributed by atoms with Crippen molar-refractivity contribution < 1.29 is 0 Å². The highest BCUT2D eigenvalue weighted by Crippen LogP contribution is 2.14. The Morgan fingerprint density at radius 1 is 1.39 bits per heavy atom. The predicted molar refractivity (Wildman–Crippen MR) is 74.9 cm³/mol. The highest BCUT2D eigenvalue weighted by atomic mass is 15.2. The molecule has 2 heterocycles. The Kier molecular flexibility index (Phi) is 4.93. The molecule has 1 fully saturated rings. The maximum absolute atomic E-state index is 4.37. The molecular weight excluding hydrogens is 224 g/mol. The Hall–Kier alpha value is -1.16. The van der Waals surface area contributed by atoms with Crippen LogP contribution in [0.25, 0.3) is 0 Å². The third-order valence-electron chi connectivity index (χ3n) is 3.51. The molecule has 1 unspecified atom stereocenters. The number of nitrogens with one attached hydrogen (secondary N) is 1. The second-order valence-electron chi connectivity index (χ2n) is 5.14. The zero-order valence-corrected chi connectivity index (χ0v) is 11.5. The number of nitrogens with zero attached hydrogens (tertiary/aromatic N) is 3. The summed E-state index contributed by atoms with van der Waals surface area (Å²) in [7, 11) is 2.12. The predicted octanol–water partition coefficient (Wildman–Crippen LogP) is 2.01. The third-order valence-corrected chi connectivity index (χ3v) is 3.51. The first kappa shape index (κ1) is 13.3. The van der Waals surface area contributed by atoms with Crippen LogP contribution in [0, 0.1) is 0 Å². The van der Waals surface area contributed by atoms with Gasteiger partial charge in [0.05, 0.1) is 0 Å². The first-order chi connectivity index (χ1) is 8.79. The van der Waals surface area contributed by atoms with E-state index in [0.29, 0.717) is 6.04 Å². The molecule has 0 amide bonds. The lowest BCUT2D eigenvalue weighted by Crippen LogP contribution is -2.42. The number of likely N-dealkylation sites (N-methyl/N-ethyl adjacent to an activating group) is 1. The van der Waals surface area contributed by atoms with E-state index in [0.717, 1.165) is 37.4 Å². The molecule has 1 aromatic rings. The lowest BCUT2D eigenvalue weighted by molar-refractivity contribution is 0.403. The van der Waals surface area contributed by atoms with Gasteiger partial charge in [-0.05, 0) is 25.8 Å². The van der Waals surface area contributed by atoms with Crippen LogP contribution >= 0.6 is 0 Å². The monoisotopic (exact) mass is 248 g/mol. The van der Waals surface area contributed by atoms with Crippen molar-refractivity contribution in [3.05, 3.63) is 18.1 Å². The molecular formula is C14H24N4. The molecule has 0 aromatic carbocycles. The van der Waals surface area contributed by atoms with Crippen LogP contribution in [0.3, 0.4) is 0 Å². The van der Waals surface area contributed by atoms with Gasteiger partial charge in [-0.2, -0.15) is 0 Å². The van der Waals surface area contributed by atoms with Gasteiger partial charge >= 0.3 is 0 Å². The summed E-state index contributed by atoms with van der Waals surface area (Å²) in [4.78, 5) is 10.9. The second-order valence-corrected chi connectivity index (χ2v) is 5.14. The lowest BCUT2D eigenvalue weighted by Gasteiger charge is -2.28. The van der Waals surface area contributed by atoms with Gasteiger partial charge in [-0.25, -0.2) is 9.97 Å². The Labute approximate surface area is 110 Å². The third kappa shape index (κ3) is 3.67. The summed E-state index contributed by atoms with van der Waals surface area (Å²) in [5, 5.41) is 3.57. The van der Waals surface area contributed by atoms with Crippen LogP contribution in [0.5, 0.6) is 0 Å². The molecule has 1 aromatic heterocycles. The van der Waals surface area contributed by atoms with E-state index in [1.165, 1.54) is 19.3 Å². The molecule has 1 aliphatic heterocycles. The molecule has 1 aliphatic rings. The molecule has 1 N–H and O–H groups in total. The zero-order chi connectivity index (χ0) is 12.8. The molecule has 0 spiro atoms. The number of aromatic nitrogens is 2. The summed E-state index contributed by atoms with van der Waals surface area (Å²) in [6.45, 7) is 4.36. The van der Waals surface area contributed by atoms with Crippen molar-refractivity contribution in [2.24, 2.45) is 0 Å². The standard InChI is InChI=1S/C14H24N4/c1-3-6-12-9-14(17-11-16-12)18(2)10-13-7-4-5-8-15-13/h9,11,13,15H,3-8,10H2,1-2H3. The SMILES string of the molecule is CCCc1cc(N(C)CC2CCCCN2)ncn1. The fraction of sp³-hybridized carbons (Fsp3) is 0.714. The van der Waals surface area contributed by atoms with E-state index < -0.39 is 0 Å². The largest absolute Gasteiger partial charge is 0.358 e. The van der Waals surface area contributed by atoms with E-state index in [9.17, 15) is 0 Å². The first-order valence-electron chi connectivity index (χ1n) is 7.05. The van der Waals surface area contributed by atoms with Crippen molar-refractivity contribution in [1.29, 1.82) is 0 Å². The van der Waals surface area contributed by atoms with E-state index in [1.54, 1.807) is 6.33 Å². The molecule has 18 heavy (non-hydrogen) atoms. The fourth-order valence-electron chi connectivity index (χ4n) is 2.49. The van der Waals surface area contributed by atoms with Gasteiger partial charge in [0.25, 0.3) is 0 Å². The molecule has 0 bridgehead atoms. The molecule has 1 saturated heterocycles. The minimum absolute atomic E-state index is 0.605. The number of piperidine rings is 1. The molecule has 1 atom stereocenters. The summed E-state index contributed by atoms with van der Waals surface area (Å²) in [6.07, 6.45) is 7.78.